The lowest BCUT2D eigenvalue weighted by Crippen LogP contribution is -2.24. The van der Waals surface area contributed by atoms with Gasteiger partial charge in [-0.15, -0.1) is 0 Å². The normalized spacial score (nSPS) is 13.1. The molecule has 0 saturated carbocycles. The Morgan fingerprint density at radius 1 is 1.08 bits per heavy atom. The molecule has 0 aliphatic carbocycles. The van der Waals surface area contributed by atoms with E-state index in [1.165, 1.54) is 0 Å². The summed E-state index contributed by atoms with van der Waals surface area (Å²) in [7, 11) is 0. The molecule has 1 unspecified atom stereocenters. The van der Waals surface area contributed by atoms with Crippen LogP contribution in [-0.2, 0) is 9.53 Å². The number of alkyl halides is 1. The molecule has 0 aromatic heterocycles. The van der Waals surface area contributed by atoms with E-state index in [4.69, 9.17) is 10.5 Å². The molecular weight excluding hydrogens is 309 g/mol. The number of hydrogen-bond acceptors (Lipinski definition) is 4. The molecule has 2 atom stereocenters. The van der Waals surface area contributed by atoms with Gasteiger partial charge in [0.15, 0.2) is 5.78 Å². The number of ketones is 1. The first-order valence-electron chi connectivity index (χ1n) is 7.73. The van der Waals surface area contributed by atoms with Gasteiger partial charge in [-0.3, -0.25) is 9.59 Å². The van der Waals surface area contributed by atoms with Crippen LogP contribution in [0.3, 0.4) is 0 Å². The van der Waals surface area contributed by atoms with Gasteiger partial charge < -0.3 is 10.5 Å². The van der Waals surface area contributed by atoms with Crippen LogP contribution in [0.5, 0.6) is 0 Å². The first-order chi connectivity index (χ1) is 11.5. The van der Waals surface area contributed by atoms with Gasteiger partial charge in [0.2, 0.25) is 0 Å². The summed E-state index contributed by atoms with van der Waals surface area (Å²) in [6.07, 6.45) is -1.37. The minimum absolute atomic E-state index is 0.120. The first kappa shape index (κ1) is 17.8. The first-order valence-corrected chi connectivity index (χ1v) is 7.73. The van der Waals surface area contributed by atoms with Crippen molar-refractivity contribution in [2.75, 3.05) is 13.2 Å². The van der Waals surface area contributed by atoms with Crippen LogP contribution in [0, 0.1) is 0 Å². The largest absolute Gasteiger partial charge is 0.462 e. The van der Waals surface area contributed by atoms with Crippen LogP contribution in [0.15, 0.2) is 54.6 Å². The van der Waals surface area contributed by atoms with E-state index in [9.17, 15) is 14.0 Å². The van der Waals surface area contributed by atoms with Gasteiger partial charge in [0, 0.05) is 17.7 Å². The fraction of sp³-hybridized carbons (Fsp3) is 0.263. The summed E-state index contributed by atoms with van der Waals surface area (Å²) in [5.41, 5.74) is 6.86. The van der Waals surface area contributed by atoms with Crippen molar-refractivity contribution in [1.29, 1.82) is 0 Å². The summed E-state index contributed by atoms with van der Waals surface area (Å²) in [5.74, 6) is -1.26. The average Bonchev–Trinajstić information content (AvgIpc) is 2.65. The lowest BCUT2D eigenvalue weighted by Gasteiger charge is -2.14. The molecule has 24 heavy (non-hydrogen) atoms. The minimum Gasteiger partial charge on any atom is -0.462 e. The van der Waals surface area contributed by atoms with Gasteiger partial charge in [-0.2, -0.15) is 0 Å². The van der Waals surface area contributed by atoms with Crippen LogP contribution < -0.4 is 5.73 Å². The Morgan fingerprint density at radius 2 is 1.75 bits per heavy atom. The highest BCUT2D eigenvalue weighted by Crippen LogP contribution is 2.20. The third-order valence-corrected chi connectivity index (χ3v) is 3.70. The zero-order valence-electron chi connectivity index (χ0n) is 13.4. The number of carbonyl (C=O) groups is 2. The average molecular weight is 329 g/mol. The fourth-order valence-electron chi connectivity index (χ4n) is 2.21. The van der Waals surface area contributed by atoms with Crippen LogP contribution in [0.1, 0.15) is 34.3 Å². The maximum absolute atomic E-state index is 13.1. The molecule has 0 spiro atoms. The van der Waals surface area contributed by atoms with Crippen LogP contribution >= 0.6 is 0 Å². The third-order valence-electron chi connectivity index (χ3n) is 3.70. The Balaban J connectivity index is 2.12. The summed E-state index contributed by atoms with van der Waals surface area (Å²) in [5, 5.41) is 0. The van der Waals surface area contributed by atoms with Crippen molar-refractivity contribution < 1.29 is 18.7 Å². The molecule has 4 nitrogen and oxygen atoms in total. The van der Waals surface area contributed by atoms with Crippen molar-refractivity contribution in [3.05, 3.63) is 71.3 Å². The minimum atomic E-state index is -1.37. The smallest absolute Gasteiger partial charge is 0.313 e. The van der Waals surface area contributed by atoms with Crippen molar-refractivity contribution >= 4 is 11.8 Å². The van der Waals surface area contributed by atoms with E-state index in [0.717, 1.165) is 0 Å². The highest BCUT2D eigenvalue weighted by molar-refractivity contribution is 6.09. The number of nitrogens with two attached hydrogens (primary N) is 1. The fourth-order valence-corrected chi connectivity index (χ4v) is 2.21. The Kier molecular flexibility index (Phi) is 6.21. The van der Waals surface area contributed by atoms with Crippen molar-refractivity contribution in [3.8, 4) is 0 Å². The van der Waals surface area contributed by atoms with Gasteiger partial charge in [0.05, 0.1) is 5.92 Å². The second-order valence-corrected chi connectivity index (χ2v) is 5.51. The predicted octanol–water partition coefficient (Wildman–Crippen LogP) is 2.86. The molecule has 2 rings (SSSR count). The summed E-state index contributed by atoms with van der Waals surface area (Å²) in [4.78, 5) is 24.5. The zero-order chi connectivity index (χ0) is 17.5. The molecule has 0 aliphatic rings. The van der Waals surface area contributed by atoms with Gasteiger partial charge in [-0.1, -0.05) is 48.5 Å². The molecule has 126 valence electrons. The number of hydrogen-bond donors (Lipinski definition) is 1. The van der Waals surface area contributed by atoms with Crippen molar-refractivity contribution in [2.24, 2.45) is 5.73 Å². The second kappa shape index (κ2) is 8.36. The highest BCUT2D eigenvalue weighted by atomic mass is 19.1. The van der Waals surface area contributed by atoms with Crippen LogP contribution in [-0.4, -0.2) is 31.1 Å². The SMILES string of the molecule is C[C@@H](C(=O)OCC(F)CN)c1cccc(C(=O)c2ccccc2)c1. The van der Waals surface area contributed by atoms with E-state index in [-0.39, 0.29) is 18.9 Å². The molecule has 0 fully saturated rings. The Hall–Kier alpha value is -2.53. The maximum atomic E-state index is 13.1. The zero-order valence-corrected chi connectivity index (χ0v) is 13.4. The molecule has 0 amide bonds. The molecular formula is C19H20FNO3. The quantitative estimate of drug-likeness (QED) is 0.626. The van der Waals surface area contributed by atoms with Gasteiger partial charge in [0.1, 0.15) is 12.8 Å². The summed E-state index contributed by atoms with van der Waals surface area (Å²) < 4.78 is 18.0. The van der Waals surface area contributed by atoms with Crippen LogP contribution in [0.25, 0.3) is 0 Å². The molecule has 5 heteroatoms. The number of ether oxygens (including phenoxy) is 1. The number of rotatable bonds is 7. The van der Waals surface area contributed by atoms with Gasteiger partial charge in [-0.05, 0) is 18.6 Å². The lowest BCUT2D eigenvalue weighted by atomic mass is 9.96. The molecule has 2 N–H and O–H groups in total. The van der Waals surface area contributed by atoms with Crippen molar-refractivity contribution in [2.45, 2.75) is 19.0 Å². The molecule has 0 bridgehead atoms. The number of carbonyl (C=O) groups excluding carboxylic acids is 2. The van der Waals surface area contributed by atoms with E-state index in [1.807, 2.05) is 6.07 Å². The molecule has 0 saturated heterocycles. The number of halogens is 1. The van der Waals surface area contributed by atoms with E-state index in [2.05, 4.69) is 0 Å². The maximum Gasteiger partial charge on any atom is 0.313 e. The van der Waals surface area contributed by atoms with E-state index < -0.39 is 18.1 Å². The number of esters is 1. The lowest BCUT2D eigenvalue weighted by molar-refractivity contribution is -0.146. The Morgan fingerprint density at radius 3 is 2.42 bits per heavy atom. The molecule has 2 aromatic rings. The van der Waals surface area contributed by atoms with Gasteiger partial charge in [-0.25, -0.2) is 4.39 Å². The third kappa shape index (κ3) is 4.49. The summed E-state index contributed by atoms with van der Waals surface area (Å²) in [6, 6.07) is 15.7. The monoisotopic (exact) mass is 329 g/mol. The van der Waals surface area contributed by atoms with Crippen molar-refractivity contribution in [1.82, 2.24) is 0 Å². The van der Waals surface area contributed by atoms with Crippen LogP contribution in [0.2, 0.25) is 0 Å². The number of benzene rings is 2. The van der Waals surface area contributed by atoms with E-state index >= 15 is 0 Å². The Bertz CT molecular complexity index is 703. The standard InChI is InChI=1S/C19H20FNO3/c1-13(19(23)24-12-17(20)11-21)15-8-5-9-16(10-15)18(22)14-6-3-2-4-7-14/h2-10,13,17H,11-12,21H2,1H3/t13-,17?/m1/s1. The van der Waals surface area contributed by atoms with E-state index in [1.54, 1.807) is 55.5 Å². The van der Waals surface area contributed by atoms with Gasteiger partial charge in [0.25, 0.3) is 0 Å². The second-order valence-electron chi connectivity index (χ2n) is 5.51. The molecule has 0 aliphatic heterocycles. The molecule has 2 aromatic carbocycles. The van der Waals surface area contributed by atoms with E-state index in [0.29, 0.717) is 16.7 Å². The Labute approximate surface area is 140 Å². The highest BCUT2D eigenvalue weighted by Gasteiger charge is 2.20. The summed E-state index contributed by atoms with van der Waals surface area (Å²) in [6.45, 7) is 1.11. The van der Waals surface area contributed by atoms with Crippen molar-refractivity contribution in [3.63, 3.8) is 0 Å². The topological polar surface area (TPSA) is 69.4 Å². The predicted molar refractivity (Wildman–Crippen MR) is 89.6 cm³/mol. The summed E-state index contributed by atoms with van der Waals surface area (Å²) >= 11 is 0. The van der Waals surface area contributed by atoms with Gasteiger partial charge >= 0.3 is 5.97 Å². The van der Waals surface area contributed by atoms with Crippen LogP contribution in [0.4, 0.5) is 4.39 Å². The molecule has 0 heterocycles. The molecule has 0 radical (unpaired) electrons.